The molecule has 3 aliphatic rings. The highest BCUT2D eigenvalue weighted by Gasteiger charge is 2.29. The molecule has 0 saturated carbocycles. The molecular formula is C22H18ClNO7. The van der Waals surface area contributed by atoms with Crippen LogP contribution in [0.4, 0.5) is 4.79 Å². The van der Waals surface area contributed by atoms with Crippen LogP contribution in [0.3, 0.4) is 0 Å². The van der Waals surface area contributed by atoms with E-state index in [1.165, 1.54) is 6.07 Å². The van der Waals surface area contributed by atoms with E-state index in [2.05, 4.69) is 0 Å². The van der Waals surface area contributed by atoms with E-state index in [0.717, 1.165) is 5.56 Å². The van der Waals surface area contributed by atoms with Crippen LogP contribution in [0.25, 0.3) is 6.08 Å². The van der Waals surface area contributed by atoms with Crippen LogP contribution in [0.1, 0.15) is 21.5 Å². The normalized spacial score (nSPS) is 18.8. The fourth-order valence-corrected chi connectivity index (χ4v) is 3.85. The summed E-state index contributed by atoms with van der Waals surface area (Å²) in [6, 6.07) is 8.15. The fraction of sp³-hybridized carbons (Fsp3) is 0.273. The smallest absolute Gasteiger partial charge is 0.415 e. The van der Waals surface area contributed by atoms with Gasteiger partial charge in [0.25, 0.3) is 0 Å². The lowest BCUT2D eigenvalue weighted by atomic mass is 10.1. The number of nitrogens with zero attached hydrogens (tertiary/aromatic N) is 1. The number of ketones is 1. The van der Waals surface area contributed by atoms with Gasteiger partial charge < -0.3 is 28.6 Å². The lowest BCUT2D eigenvalue weighted by Crippen LogP contribution is -2.42. The molecule has 8 nitrogen and oxygen atoms in total. The standard InChI is InChI=1S/C22H18ClNO7/c23-15-7-13(21-14(8-15)11-28-12-29-21)9-19-20(25)17-2-1-16(10-18(17)31-19)30-22(26)24-3-5-27-6-4-24/h1-2,7-10H,3-6,11-12H2/b19-9-. The van der Waals surface area contributed by atoms with Crippen molar-refractivity contribution in [2.45, 2.75) is 6.61 Å². The van der Waals surface area contributed by atoms with Gasteiger partial charge in [0.1, 0.15) is 17.2 Å². The van der Waals surface area contributed by atoms with E-state index < -0.39 is 6.09 Å². The highest BCUT2D eigenvalue weighted by Crippen LogP contribution is 2.38. The van der Waals surface area contributed by atoms with Gasteiger partial charge in [-0.15, -0.1) is 0 Å². The molecule has 1 fully saturated rings. The predicted octanol–water partition coefficient (Wildman–Crippen LogP) is 3.65. The maximum atomic E-state index is 12.8. The Morgan fingerprint density at radius 1 is 1.13 bits per heavy atom. The van der Waals surface area contributed by atoms with Crippen LogP contribution >= 0.6 is 11.6 Å². The Morgan fingerprint density at radius 2 is 1.97 bits per heavy atom. The molecule has 3 heterocycles. The molecule has 0 atom stereocenters. The molecule has 5 rings (SSSR count). The molecule has 3 aliphatic heterocycles. The lowest BCUT2D eigenvalue weighted by molar-refractivity contribution is -0.0165. The van der Waals surface area contributed by atoms with Crippen molar-refractivity contribution in [3.63, 3.8) is 0 Å². The zero-order valence-electron chi connectivity index (χ0n) is 16.4. The zero-order valence-corrected chi connectivity index (χ0v) is 17.1. The maximum Gasteiger partial charge on any atom is 0.415 e. The highest BCUT2D eigenvalue weighted by molar-refractivity contribution is 6.31. The minimum absolute atomic E-state index is 0.123. The second-order valence-corrected chi connectivity index (χ2v) is 7.60. The van der Waals surface area contributed by atoms with Crippen LogP contribution in [0, 0.1) is 0 Å². The summed E-state index contributed by atoms with van der Waals surface area (Å²) < 4.78 is 27.3. The summed E-state index contributed by atoms with van der Waals surface area (Å²) in [5.74, 6) is 1.08. The number of Topliss-reactive ketones (excluding diaryl/α,β-unsaturated/α-hetero) is 1. The van der Waals surface area contributed by atoms with E-state index in [9.17, 15) is 9.59 Å². The number of hydrogen-bond donors (Lipinski definition) is 0. The molecule has 2 aromatic carbocycles. The monoisotopic (exact) mass is 443 g/mol. The van der Waals surface area contributed by atoms with Gasteiger partial charge in [0, 0.05) is 35.3 Å². The number of carbonyl (C=O) groups excluding carboxylic acids is 2. The third-order valence-electron chi connectivity index (χ3n) is 5.11. The van der Waals surface area contributed by atoms with Crippen LogP contribution in [0.15, 0.2) is 36.1 Å². The van der Waals surface area contributed by atoms with Gasteiger partial charge in [0.15, 0.2) is 12.6 Å². The number of hydrogen-bond acceptors (Lipinski definition) is 7. The Morgan fingerprint density at radius 3 is 2.81 bits per heavy atom. The summed E-state index contributed by atoms with van der Waals surface area (Å²) in [6.45, 7) is 2.41. The largest absolute Gasteiger partial charge is 0.467 e. The van der Waals surface area contributed by atoms with Gasteiger partial charge in [0.2, 0.25) is 5.78 Å². The molecule has 0 bridgehead atoms. The van der Waals surface area contributed by atoms with Gasteiger partial charge in [-0.2, -0.15) is 0 Å². The van der Waals surface area contributed by atoms with E-state index in [4.69, 9.17) is 35.3 Å². The van der Waals surface area contributed by atoms with Crippen molar-refractivity contribution < 1.29 is 33.3 Å². The molecule has 160 valence electrons. The molecule has 0 N–H and O–H groups in total. The Hall–Kier alpha value is -3.07. The summed E-state index contributed by atoms with van der Waals surface area (Å²) in [5.41, 5.74) is 1.81. The highest BCUT2D eigenvalue weighted by atomic mass is 35.5. The van der Waals surface area contributed by atoms with Crippen LogP contribution < -0.4 is 14.2 Å². The van der Waals surface area contributed by atoms with Gasteiger partial charge >= 0.3 is 6.09 Å². The van der Waals surface area contributed by atoms with Crippen molar-refractivity contribution in [3.05, 3.63) is 57.8 Å². The Labute approximate surface area is 182 Å². The van der Waals surface area contributed by atoms with Crippen molar-refractivity contribution >= 4 is 29.6 Å². The van der Waals surface area contributed by atoms with Gasteiger partial charge in [0.05, 0.1) is 25.4 Å². The average molecular weight is 444 g/mol. The number of halogens is 1. The van der Waals surface area contributed by atoms with Gasteiger partial charge in [-0.3, -0.25) is 4.79 Å². The molecular weight excluding hydrogens is 426 g/mol. The third-order valence-corrected chi connectivity index (χ3v) is 5.32. The Kier molecular flexibility index (Phi) is 5.27. The molecule has 1 saturated heterocycles. The minimum atomic E-state index is -0.465. The van der Waals surface area contributed by atoms with Crippen LogP contribution in [-0.2, 0) is 16.1 Å². The summed E-state index contributed by atoms with van der Waals surface area (Å²) in [6.07, 6.45) is 1.13. The SMILES string of the molecule is O=C1/C(=C/c2cc(Cl)cc3c2OCOC3)Oc2cc(OC(=O)N3CCOCC3)ccc21. The Balaban J connectivity index is 1.38. The summed E-state index contributed by atoms with van der Waals surface area (Å²) >= 11 is 6.20. The first-order valence-electron chi connectivity index (χ1n) is 9.74. The summed E-state index contributed by atoms with van der Waals surface area (Å²) in [4.78, 5) is 26.7. The number of ether oxygens (including phenoxy) is 5. The van der Waals surface area contributed by atoms with Crippen molar-refractivity contribution in [2.75, 3.05) is 33.1 Å². The molecule has 0 aromatic heterocycles. The fourth-order valence-electron chi connectivity index (χ4n) is 3.60. The third kappa shape index (κ3) is 3.97. The molecule has 0 unspecified atom stereocenters. The van der Waals surface area contributed by atoms with E-state index in [1.807, 2.05) is 0 Å². The second-order valence-electron chi connectivity index (χ2n) is 7.16. The van der Waals surface area contributed by atoms with Gasteiger partial charge in [-0.1, -0.05) is 11.6 Å². The van der Waals surface area contributed by atoms with E-state index in [1.54, 1.807) is 35.2 Å². The van der Waals surface area contributed by atoms with Crippen molar-refractivity contribution in [2.24, 2.45) is 0 Å². The topological polar surface area (TPSA) is 83.5 Å². The maximum absolute atomic E-state index is 12.8. The molecule has 2 aromatic rings. The summed E-state index contributed by atoms with van der Waals surface area (Å²) in [5, 5.41) is 0.500. The van der Waals surface area contributed by atoms with Crippen LogP contribution in [0.2, 0.25) is 5.02 Å². The van der Waals surface area contributed by atoms with Crippen molar-refractivity contribution in [1.29, 1.82) is 0 Å². The molecule has 0 spiro atoms. The van der Waals surface area contributed by atoms with Crippen LogP contribution in [0.5, 0.6) is 17.2 Å². The van der Waals surface area contributed by atoms with Crippen molar-refractivity contribution in [1.82, 2.24) is 4.90 Å². The van der Waals surface area contributed by atoms with Gasteiger partial charge in [-0.05, 0) is 30.3 Å². The average Bonchev–Trinajstić information content (AvgIpc) is 3.09. The Bertz CT molecular complexity index is 1090. The first kappa shape index (κ1) is 19.9. The predicted molar refractivity (Wildman–Crippen MR) is 110 cm³/mol. The molecule has 1 amide bonds. The van der Waals surface area contributed by atoms with Gasteiger partial charge in [-0.25, -0.2) is 4.79 Å². The molecule has 0 aliphatic carbocycles. The quantitative estimate of drug-likeness (QED) is 0.655. The number of allylic oxidation sites excluding steroid dienone is 1. The number of morpholine rings is 1. The molecule has 31 heavy (non-hydrogen) atoms. The second kappa shape index (κ2) is 8.22. The summed E-state index contributed by atoms with van der Waals surface area (Å²) in [7, 11) is 0. The van der Waals surface area contributed by atoms with E-state index in [0.29, 0.717) is 66.3 Å². The number of rotatable bonds is 2. The van der Waals surface area contributed by atoms with E-state index in [-0.39, 0.29) is 18.3 Å². The first-order valence-corrected chi connectivity index (χ1v) is 10.1. The number of amides is 1. The lowest BCUT2D eigenvalue weighted by Gasteiger charge is -2.25. The number of fused-ring (bicyclic) bond motifs is 2. The first-order chi connectivity index (χ1) is 15.1. The number of benzene rings is 2. The van der Waals surface area contributed by atoms with Crippen LogP contribution in [-0.4, -0.2) is 49.9 Å². The van der Waals surface area contributed by atoms with E-state index >= 15 is 0 Å². The molecule has 9 heteroatoms. The number of carbonyl (C=O) groups is 2. The minimum Gasteiger partial charge on any atom is -0.467 e. The molecule has 0 radical (unpaired) electrons. The van der Waals surface area contributed by atoms with Crippen molar-refractivity contribution in [3.8, 4) is 17.2 Å². The zero-order chi connectivity index (χ0) is 21.4.